The second-order valence-electron chi connectivity index (χ2n) is 21.1. The van der Waals surface area contributed by atoms with Gasteiger partial charge in [-0.25, -0.2) is 0 Å². The third-order valence-electron chi connectivity index (χ3n) is 16.9. The fourth-order valence-electron chi connectivity index (χ4n) is 13.4. The van der Waals surface area contributed by atoms with Gasteiger partial charge < -0.3 is 13.9 Å². The maximum Gasteiger partial charge on any atom is 0.143 e. The van der Waals surface area contributed by atoms with Crippen molar-refractivity contribution in [1.29, 1.82) is 0 Å². The third-order valence-corrected chi connectivity index (χ3v) is 16.9. The van der Waals surface area contributed by atoms with Gasteiger partial charge in [-0.15, -0.1) is 0 Å². The van der Waals surface area contributed by atoms with E-state index in [1.165, 1.54) is 78.1 Å². The second kappa shape index (κ2) is 18.3. The number of anilines is 3. The summed E-state index contributed by atoms with van der Waals surface area (Å²) in [5.74, 6) is 0. The summed E-state index contributed by atoms with van der Waals surface area (Å²) in [6.07, 6.45) is 0. The summed E-state index contributed by atoms with van der Waals surface area (Å²) in [5.41, 5.74) is 27.6. The average molecular weight is 1020 g/mol. The van der Waals surface area contributed by atoms with E-state index in [1.54, 1.807) is 0 Å². The molecule has 2 aromatic heterocycles. The van der Waals surface area contributed by atoms with Gasteiger partial charge in [0, 0.05) is 50.2 Å². The van der Waals surface area contributed by atoms with Crippen molar-refractivity contribution >= 4 is 39.0 Å². The predicted molar refractivity (Wildman–Crippen MR) is 331 cm³/mol. The molecule has 0 amide bonds. The van der Waals surface area contributed by atoms with E-state index in [-0.39, 0.29) is 0 Å². The van der Waals surface area contributed by atoms with Gasteiger partial charge in [0.1, 0.15) is 11.2 Å². The fraction of sp³-hybridized carbons (Fsp3) is 0.0130. The number of hydrogen-bond donors (Lipinski definition) is 0. The number of hydrogen-bond acceptors (Lipinski definition) is 2. The molecular weight excluding hydrogens is 969 g/mol. The molecule has 12 aromatic carbocycles. The standard InChI is InChI=1S/C77H50N2O/c1-4-19-51(20-5-1)52-35-43-58(44-36-52)78(60-49-41-55(42-50-60)62-29-18-30-66-65-27-13-17-34-71(65)80-76(62)66)59-45-37-53(38-46-59)54-39-47-61(48-40-54)79-74(56-21-6-2-7-22-56)72-67-28-12-16-33-70(67)77(73(72)75(79)57-23-8-3-9-24-57)68-31-14-10-25-63(68)64-26-11-15-32-69(64)77/h1-50H. The molecule has 80 heavy (non-hydrogen) atoms. The number of fused-ring (bicyclic) bond motifs is 13. The Bertz CT molecular complexity index is 4600. The van der Waals surface area contributed by atoms with Gasteiger partial charge in [0.2, 0.25) is 0 Å². The van der Waals surface area contributed by atoms with E-state index in [0.29, 0.717) is 0 Å². The highest BCUT2D eigenvalue weighted by molar-refractivity contribution is 6.10. The van der Waals surface area contributed by atoms with Crippen LogP contribution >= 0.6 is 0 Å². The normalized spacial score (nSPS) is 12.6. The number of benzene rings is 12. The summed E-state index contributed by atoms with van der Waals surface area (Å²) in [7, 11) is 0. The number of nitrogens with zero attached hydrogens (tertiary/aromatic N) is 2. The number of rotatable bonds is 9. The van der Waals surface area contributed by atoms with E-state index in [9.17, 15) is 0 Å². The van der Waals surface area contributed by atoms with Crippen LogP contribution in [0, 0.1) is 0 Å². The molecule has 0 unspecified atom stereocenters. The van der Waals surface area contributed by atoms with Gasteiger partial charge in [0.05, 0.1) is 16.8 Å². The van der Waals surface area contributed by atoms with Crippen molar-refractivity contribution in [2.45, 2.75) is 5.41 Å². The van der Waals surface area contributed by atoms with Crippen LogP contribution in [-0.2, 0) is 5.41 Å². The first-order valence-corrected chi connectivity index (χ1v) is 27.6. The Labute approximate surface area is 465 Å². The molecule has 2 heterocycles. The lowest BCUT2D eigenvalue weighted by Gasteiger charge is -2.31. The second-order valence-corrected chi connectivity index (χ2v) is 21.1. The maximum atomic E-state index is 6.48. The Hall–Kier alpha value is -10.5. The van der Waals surface area contributed by atoms with Crippen LogP contribution in [0.15, 0.2) is 308 Å². The molecule has 0 N–H and O–H groups in total. The first kappa shape index (κ1) is 45.7. The molecule has 374 valence electrons. The van der Waals surface area contributed by atoms with Crippen molar-refractivity contribution in [3.8, 4) is 83.8 Å². The highest BCUT2D eigenvalue weighted by atomic mass is 16.3. The van der Waals surface area contributed by atoms with Gasteiger partial charge in [-0.3, -0.25) is 0 Å². The molecule has 0 fully saturated rings. The van der Waals surface area contributed by atoms with Crippen LogP contribution in [0.2, 0.25) is 0 Å². The zero-order valence-corrected chi connectivity index (χ0v) is 43.7. The highest BCUT2D eigenvalue weighted by Gasteiger charge is 2.55. The van der Waals surface area contributed by atoms with E-state index in [4.69, 9.17) is 4.42 Å². The van der Waals surface area contributed by atoms with Crippen LogP contribution in [0.4, 0.5) is 17.1 Å². The van der Waals surface area contributed by atoms with Crippen molar-refractivity contribution in [1.82, 2.24) is 4.57 Å². The third kappa shape index (κ3) is 6.94. The Balaban J connectivity index is 0.818. The minimum Gasteiger partial charge on any atom is -0.455 e. The zero-order chi connectivity index (χ0) is 52.7. The maximum absolute atomic E-state index is 6.48. The summed E-state index contributed by atoms with van der Waals surface area (Å²) in [6, 6.07) is 111. The van der Waals surface area contributed by atoms with Crippen LogP contribution in [0.25, 0.3) is 106 Å². The zero-order valence-electron chi connectivity index (χ0n) is 43.7. The summed E-state index contributed by atoms with van der Waals surface area (Å²) >= 11 is 0. The van der Waals surface area contributed by atoms with Gasteiger partial charge >= 0.3 is 0 Å². The molecule has 14 aromatic rings. The molecular formula is C77H50N2O. The summed E-state index contributed by atoms with van der Waals surface area (Å²) in [5, 5.41) is 2.26. The number of para-hydroxylation sites is 2. The van der Waals surface area contributed by atoms with Crippen molar-refractivity contribution in [3.63, 3.8) is 0 Å². The fourth-order valence-corrected chi connectivity index (χ4v) is 13.4. The lowest BCUT2D eigenvalue weighted by atomic mass is 9.70. The van der Waals surface area contributed by atoms with E-state index in [2.05, 4.69) is 301 Å². The Morgan fingerprint density at radius 2 is 0.688 bits per heavy atom. The summed E-state index contributed by atoms with van der Waals surface area (Å²) < 4.78 is 9.04. The van der Waals surface area contributed by atoms with Crippen LogP contribution < -0.4 is 4.90 Å². The quantitative estimate of drug-likeness (QED) is 0.144. The summed E-state index contributed by atoms with van der Waals surface area (Å²) in [6.45, 7) is 0. The Morgan fingerprint density at radius 3 is 1.25 bits per heavy atom. The summed E-state index contributed by atoms with van der Waals surface area (Å²) in [4.78, 5) is 2.35. The molecule has 0 bridgehead atoms. The van der Waals surface area contributed by atoms with Gasteiger partial charge in [-0.2, -0.15) is 0 Å². The highest BCUT2D eigenvalue weighted by Crippen LogP contribution is 2.67. The molecule has 0 atom stereocenters. The monoisotopic (exact) mass is 1020 g/mol. The average Bonchev–Trinajstić information content (AvgIpc) is 2.41. The Kier molecular flexibility index (Phi) is 10.5. The van der Waals surface area contributed by atoms with Crippen LogP contribution in [0.5, 0.6) is 0 Å². The van der Waals surface area contributed by atoms with Gasteiger partial charge in [-0.1, -0.05) is 249 Å². The van der Waals surface area contributed by atoms with Gasteiger partial charge in [0.15, 0.2) is 0 Å². The van der Waals surface area contributed by atoms with E-state index < -0.39 is 5.41 Å². The molecule has 2 aliphatic rings. The van der Waals surface area contributed by atoms with Crippen molar-refractivity contribution in [2.75, 3.05) is 4.90 Å². The van der Waals surface area contributed by atoms with Gasteiger partial charge in [-0.05, 0) is 127 Å². The molecule has 0 aliphatic heterocycles. The lowest BCUT2D eigenvalue weighted by molar-refractivity contribution is 0.670. The largest absolute Gasteiger partial charge is 0.455 e. The number of furan rings is 1. The van der Waals surface area contributed by atoms with E-state index >= 15 is 0 Å². The van der Waals surface area contributed by atoms with Crippen LogP contribution in [0.3, 0.4) is 0 Å². The molecule has 0 radical (unpaired) electrons. The minimum absolute atomic E-state index is 0.537. The molecule has 16 rings (SSSR count). The molecule has 3 heteroatoms. The smallest absolute Gasteiger partial charge is 0.143 e. The van der Waals surface area contributed by atoms with Crippen molar-refractivity contribution < 1.29 is 4.42 Å². The topological polar surface area (TPSA) is 21.3 Å². The molecule has 2 aliphatic carbocycles. The Morgan fingerprint density at radius 1 is 0.287 bits per heavy atom. The lowest BCUT2D eigenvalue weighted by Crippen LogP contribution is -2.26. The van der Waals surface area contributed by atoms with Gasteiger partial charge in [0.25, 0.3) is 0 Å². The first-order chi connectivity index (χ1) is 39.7. The van der Waals surface area contributed by atoms with Crippen molar-refractivity contribution in [2.24, 2.45) is 0 Å². The van der Waals surface area contributed by atoms with Crippen LogP contribution in [-0.4, -0.2) is 4.57 Å². The SMILES string of the molecule is c1ccc(-c2ccc(N(c3ccc(-c4ccc(-n5c(-c6ccccc6)c6c(c5-c5ccccc5)C5(c7ccccc7-c7ccccc75)c5ccccc5-6)cc4)cc3)c3ccc(-c4cccc5c4oc4ccccc45)cc3)cc2)cc1. The van der Waals surface area contributed by atoms with Crippen molar-refractivity contribution in [3.05, 3.63) is 326 Å². The molecule has 1 spiro atoms. The molecule has 0 saturated carbocycles. The van der Waals surface area contributed by atoms with Crippen LogP contribution in [0.1, 0.15) is 22.3 Å². The molecule has 3 nitrogen and oxygen atoms in total. The van der Waals surface area contributed by atoms with E-state index in [0.717, 1.165) is 66.9 Å². The number of aromatic nitrogens is 1. The predicted octanol–water partition coefficient (Wildman–Crippen LogP) is 20.5. The first-order valence-electron chi connectivity index (χ1n) is 27.6. The molecule has 0 saturated heterocycles. The van der Waals surface area contributed by atoms with E-state index in [1.807, 2.05) is 12.1 Å². The minimum atomic E-state index is -0.537.